The van der Waals surface area contributed by atoms with Crippen LogP contribution in [0.2, 0.25) is 5.02 Å². The number of amides is 1. The lowest BCUT2D eigenvalue weighted by molar-refractivity contribution is -0.0522. The van der Waals surface area contributed by atoms with Crippen molar-refractivity contribution in [3.8, 4) is 22.6 Å². The van der Waals surface area contributed by atoms with Gasteiger partial charge in [0.1, 0.15) is 16.9 Å². The van der Waals surface area contributed by atoms with Gasteiger partial charge in [0.15, 0.2) is 23.0 Å². The molecule has 1 saturated carbocycles. The number of hydrogen-bond acceptors (Lipinski definition) is 5. The molecule has 6 nitrogen and oxygen atoms in total. The van der Waals surface area contributed by atoms with Crippen LogP contribution in [0, 0.1) is 11.6 Å². The van der Waals surface area contributed by atoms with Crippen LogP contribution in [-0.2, 0) is 12.0 Å². The Morgan fingerprint density at radius 3 is 2.54 bits per heavy atom. The molecule has 3 aromatic rings. The van der Waals surface area contributed by atoms with Gasteiger partial charge in [-0.1, -0.05) is 54.1 Å². The lowest BCUT2D eigenvalue weighted by atomic mass is 9.84. The minimum atomic E-state index is -3.53. The van der Waals surface area contributed by atoms with Crippen LogP contribution in [0.3, 0.4) is 0 Å². The average molecular weight is 597 g/mol. The van der Waals surface area contributed by atoms with Crippen molar-refractivity contribution in [1.82, 2.24) is 5.32 Å². The molecule has 1 fully saturated rings. The molecule has 0 spiro atoms. The zero-order valence-electron chi connectivity index (χ0n) is 21.5. The van der Waals surface area contributed by atoms with Crippen LogP contribution >= 0.6 is 11.6 Å². The molecule has 5 rings (SSSR count). The molecule has 4 atom stereocenters. The van der Waals surface area contributed by atoms with Gasteiger partial charge in [0.25, 0.3) is 5.91 Å². The molecule has 1 heterocycles. The quantitative estimate of drug-likeness (QED) is 0.231. The number of nitrogens with two attached hydrogens (primary N) is 1. The van der Waals surface area contributed by atoms with Crippen LogP contribution in [0.4, 0.5) is 22.0 Å². The minimum Gasteiger partial charge on any atom is -0.481 e. The van der Waals surface area contributed by atoms with E-state index in [0.29, 0.717) is 18.4 Å². The Morgan fingerprint density at radius 2 is 1.88 bits per heavy atom. The molecule has 1 aliphatic carbocycles. The van der Waals surface area contributed by atoms with Crippen LogP contribution in [-0.4, -0.2) is 42.5 Å². The van der Waals surface area contributed by atoms with E-state index in [2.05, 4.69) is 10.1 Å². The summed E-state index contributed by atoms with van der Waals surface area (Å²) in [6.07, 6.45) is -1.37. The standard InChI is InChI=1S/C29H26ClF5N2O4/c30-23-24(32)22(27(36)39)21(25(33)26(23)40-28(34)35)16-7-4-8-20-17(16)12-29(41-20,14-5-2-1-3-6-14)13-37-15-9-10-19(38)18(31)11-15/h1-8,15,18-19,28,37-38H,9-13H2,(H2,36,39)/t15-,18+,19+,29+/m0/s1. The number of aliphatic hydroxyl groups is 1. The first-order chi connectivity index (χ1) is 19.5. The van der Waals surface area contributed by atoms with Crippen LogP contribution in [0.5, 0.6) is 11.5 Å². The van der Waals surface area contributed by atoms with Crippen molar-refractivity contribution in [2.24, 2.45) is 5.73 Å². The predicted octanol–water partition coefficient (Wildman–Crippen LogP) is 5.66. The second-order valence-corrected chi connectivity index (χ2v) is 10.5. The van der Waals surface area contributed by atoms with Crippen molar-refractivity contribution in [3.63, 3.8) is 0 Å². The van der Waals surface area contributed by atoms with Gasteiger partial charge in [0.2, 0.25) is 0 Å². The Bertz CT molecular complexity index is 1460. The largest absolute Gasteiger partial charge is 0.481 e. The highest BCUT2D eigenvalue weighted by Gasteiger charge is 2.44. The molecular formula is C29H26ClF5N2O4. The number of carbonyl (C=O) groups is 1. The third-order valence-electron chi connectivity index (χ3n) is 7.62. The SMILES string of the molecule is NC(=O)c1c(F)c(Cl)c(OC(F)F)c(F)c1-c1cccc2c1C[C@@](CN[C@H]1CC[C@@H](O)[C@H](F)C1)(c1ccccc1)O2. The number of halogens is 6. The van der Waals surface area contributed by atoms with E-state index in [1.807, 2.05) is 18.2 Å². The summed E-state index contributed by atoms with van der Waals surface area (Å²) in [5.74, 6) is -5.33. The maximum absolute atomic E-state index is 15.8. The summed E-state index contributed by atoms with van der Waals surface area (Å²) in [5, 5.41) is 12.0. The summed E-state index contributed by atoms with van der Waals surface area (Å²) in [6, 6.07) is 13.3. The van der Waals surface area contributed by atoms with Gasteiger partial charge in [-0.2, -0.15) is 8.78 Å². The number of hydrogen-bond donors (Lipinski definition) is 3. The monoisotopic (exact) mass is 596 g/mol. The first kappa shape index (κ1) is 29.1. The maximum Gasteiger partial charge on any atom is 0.387 e. The van der Waals surface area contributed by atoms with Gasteiger partial charge >= 0.3 is 6.61 Å². The molecule has 0 radical (unpaired) electrons. The fourth-order valence-electron chi connectivity index (χ4n) is 5.62. The molecule has 218 valence electrons. The van der Waals surface area contributed by atoms with Crippen LogP contribution in [0.25, 0.3) is 11.1 Å². The lowest BCUT2D eigenvalue weighted by Gasteiger charge is -2.34. The Kier molecular flexibility index (Phi) is 8.13. The van der Waals surface area contributed by atoms with Crippen molar-refractivity contribution >= 4 is 17.5 Å². The van der Waals surface area contributed by atoms with E-state index >= 15 is 8.78 Å². The normalized spacial score (nSPS) is 23.8. The number of alkyl halides is 3. The number of carbonyl (C=O) groups excluding carboxylic acids is 1. The summed E-state index contributed by atoms with van der Waals surface area (Å²) in [6.45, 7) is -3.35. The van der Waals surface area contributed by atoms with E-state index in [-0.39, 0.29) is 36.7 Å². The van der Waals surface area contributed by atoms with Crippen LogP contribution in [0.1, 0.15) is 40.7 Å². The highest BCUT2D eigenvalue weighted by Crippen LogP contribution is 2.49. The topological polar surface area (TPSA) is 93.8 Å². The first-order valence-electron chi connectivity index (χ1n) is 12.9. The van der Waals surface area contributed by atoms with Crippen molar-refractivity contribution in [1.29, 1.82) is 0 Å². The number of fused-ring (bicyclic) bond motifs is 1. The third-order valence-corrected chi connectivity index (χ3v) is 7.96. The highest BCUT2D eigenvalue weighted by atomic mass is 35.5. The molecule has 2 aliphatic rings. The molecule has 4 N–H and O–H groups in total. The maximum atomic E-state index is 15.8. The Labute approximate surface area is 237 Å². The number of ether oxygens (including phenoxy) is 2. The highest BCUT2D eigenvalue weighted by molar-refractivity contribution is 6.33. The molecule has 3 aromatic carbocycles. The van der Waals surface area contributed by atoms with E-state index in [1.54, 1.807) is 18.2 Å². The number of benzene rings is 3. The van der Waals surface area contributed by atoms with Crippen LogP contribution in [0.15, 0.2) is 48.5 Å². The summed E-state index contributed by atoms with van der Waals surface area (Å²) >= 11 is 5.77. The lowest BCUT2D eigenvalue weighted by Crippen LogP contribution is -2.48. The van der Waals surface area contributed by atoms with Crippen molar-refractivity contribution < 1.29 is 41.3 Å². The van der Waals surface area contributed by atoms with Gasteiger partial charge in [-0.25, -0.2) is 13.2 Å². The summed E-state index contributed by atoms with van der Waals surface area (Å²) in [7, 11) is 0. The van der Waals surface area contributed by atoms with E-state index in [9.17, 15) is 23.1 Å². The van der Waals surface area contributed by atoms with Crippen molar-refractivity contribution in [3.05, 3.63) is 81.9 Å². The second-order valence-electron chi connectivity index (χ2n) is 10.2. The number of rotatable bonds is 8. The van der Waals surface area contributed by atoms with Gasteiger partial charge in [0.05, 0.1) is 11.7 Å². The minimum absolute atomic E-state index is 0.0223. The molecule has 1 aliphatic heterocycles. The fourth-order valence-corrected chi connectivity index (χ4v) is 5.85. The molecule has 0 aromatic heterocycles. The summed E-state index contributed by atoms with van der Waals surface area (Å²) in [5.41, 5.74) is 3.75. The fraction of sp³-hybridized carbons (Fsp3) is 0.345. The first-order valence-corrected chi connectivity index (χ1v) is 13.3. The van der Waals surface area contributed by atoms with Gasteiger partial charge in [0, 0.05) is 30.1 Å². The summed E-state index contributed by atoms with van der Waals surface area (Å²) < 4.78 is 82.0. The number of nitrogens with one attached hydrogen (secondary N) is 1. The molecule has 0 bridgehead atoms. The van der Waals surface area contributed by atoms with Gasteiger partial charge in [-0.15, -0.1) is 0 Å². The predicted molar refractivity (Wildman–Crippen MR) is 141 cm³/mol. The van der Waals surface area contributed by atoms with Gasteiger partial charge < -0.3 is 25.6 Å². The zero-order chi connectivity index (χ0) is 29.5. The second kappa shape index (κ2) is 11.5. The number of aliphatic hydroxyl groups excluding tert-OH is 1. The molecule has 0 saturated heterocycles. The summed E-state index contributed by atoms with van der Waals surface area (Å²) in [4.78, 5) is 12.3. The van der Waals surface area contributed by atoms with Crippen molar-refractivity contribution in [2.45, 2.75) is 56.2 Å². The van der Waals surface area contributed by atoms with E-state index in [0.717, 1.165) is 5.56 Å². The average Bonchev–Trinajstić information content (AvgIpc) is 3.34. The molecule has 0 unspecified atom stereocenters. The number of primary amides is 1. The smallest absolute Gasteiger partial charge is 0.387 e. The Hall–Kier alpha value is -3.41. The van der Waals surface area contributed by atoms with Crippen molar-refractivity contribution in [2.75, 3.05) is 6.54 Å². The third kappa shape index (κ3) is 5.45. The van der Waals surface area contributed by atoms with E-state index in [4.69, 9.17) is 22.1 Å². The Morgan fingerprint density at radius 1 is 1.15 bits per heavy atom. The van der Waals surface area contributed by atoms with E-state index < -0.39 is 63.9 Å². The van der Waals surface area contributed by atoms with E-state index in [1.165, 1.54) is 12.1 Å². The molecule has 1 amide bonds. The van der Waals surface area contributed by atoms with Crippen LogP contribution < -0.4 is 20.5 Å². The zero-order valence-corrected chi connectivity index (χ0v) is 22.2. The molecular weight excluding hydrogens is 571 g/mol. The van der Waals surface area contributed by atoms with Gasteiger partial charge in [-0.3, -0.25) is 4.79 Å². The van der Waals surface area contributed by atoms with Gasteiger partial charge in [-0.05, 0) is 36.5 Å². The molecule has 12 heteroatoms. The Balaban J connectivity index is 1.60. The molecule has 41 heavy (non-hydrogen) atoms.